The molecule has 0 saturated carbocycles. The first-order valence-corrected chi connectivity index (χ1v) is 10.0. The molecule has 158 valence electrons. The van der Waals surface area contributed by atoms with Gasteiger partial charge in [-0.2, -0.15) is 0 Å². The summed E-state index contributed by atoms with van der Waals surface area (Å²) in [5, 5.41) is 0. The highest BCUT2D eigenvalue weighted by atomic mass is 16.5. The standard InChI is InChI=1S/C23H26N2O5/c1-5-16-6-8-18(9-7-16)25-11-17(10-20(25)28)23(29)30-12-19(27)22-13(2)21(15(4)26)14(3)24-22/h6-9,17,24H,5,10-12H2,1-4H3. The minimum Gasteiger partial charge on any atom is -0.457 e. The van der Waals surface area contributed by atoms with Crippen molar-refractivity contribution in [3.63, 3.8) is 0 Å². The number of H-pyrrole nitrogens is 1. The topological polar surface area (TPSA) is 96.5 Å². The molecule has 0 spiro atoms. The molecule has 1 N–H and O–H groups in total. The Labute approximate surface area is 175 Å². The molecule has 0 bridgehead atoms. The van der Waals surface area contributed by atoms with Crippen LogP contribution in [0.3, 0.4) is 0 Å². The molecule has 1 aromatic carbocycles. The Bertz CT molecular complexity index is 1000. The number of amides is 1. The van der Waals surface area contributed by atoms with Crippen LogP contribution in [0.5, 0.6) is 0 Å². The summed E-state index contributed by atoms with van der Waals surface area (Å²) in [6.07, 6.45) is 0.961. The molecule has 3 rings (SSSR count). The highest BCUT2D eigenvalue weighted by Crippen LogP contribution is 2.26. The molecule has 1 aliphatic heterocycles. The van der Waals surface area contributed by atoms with Crippen molar-refractivity contribution in [2.75, 3.05) is 18.1 Å². The van der Waals surface area contributed by atoms with Crippen LogP contribution in [0.1, 0.15) is 57.9 Å². The van der Waals surface area contributed by atoms with Crippen molar-refractivity contribution in [2.24, 2.45) is 5.92 Å². The van der Waals surface area contributed by atoms with E-state index in [-0.39, 0.29) is 30.3 Å². The van der Waals surface area contributed by atoms with E-state index in [1.165, 1.54) is 12.5 Å². The van der Waals surface area contributed by atoms with Gasteiger partial charge in [0.1, 0.15) is 0 Å². The number of aromatic amines is 1. The van der Waals surface area contributed by atoms with Gasteiger partial charge in [0.15, 0.2) is 12.4 Å². The molecular weight excluding hydrogens is 384 g/mol. The summed E-state index contributed by atoms with van der Waals surface area (Å²) in [6.45, 7) is 6.70. The van der Waals surface area contributed by atoms with Crippen molar-refractivity contribution in [1.82, 2.24) is 4.98 Å². The van der Waals surface area contributed by atoms with Crippen LogP contribution in [0.4, 0.5) is 5.69 Å². The monoisotopic (exact) mass is 410 g/mol. The Hall–Kier alpha value is -3.22. The third-order valence-corrected chi connectivity index (χ3v) is 5.53. The number of carbonyl (C=O) groups is 4. The zero-order chi connectivity index (χ0) is 22.0. The Morgan fingerprint density at radius 3 is 2.40 bits per heavy atom. The van der Waals surface area contributed by atoms with E-state index >= 15 is 0 Å². The number of benzene rings is 1. The summed E-state index contributed by atoms with van der Waals surface area (Å²) in [6, 6.07) is 7.67. The van der Waals surface area contributed by atoms with Gasteiger partial charge in [0.2, 0.25) is 11.7 Å². The number of nitrogens with zero attached hydrogens (tertiary/aromatic N) is 1. The maximum atomic E-state index is 12.5. The van der Waals surface area contributed by atoms with Crippen LogP contribution in [0.2, 0.25) is 0 Å². The number of aromatic nitrogens is 1. The van der Waals surface area contributed by atoms with Gasteiger partial charge >= 0.3 is 5.97 Å². The fourth-order valence-electron chi connectivity index (χ4n) is 3.91. The lowest BCUT2D eigenvalue weighted by Crippen LogP contribution is -2.27. The van der Waals surface area contributed by atoms with E-state index in [2.05, 4.69) is 11.9 Å². The van der Waals surface area contributed by atoms with Crippen molar-refractivity contribution >= 4 is 29.1 Å². The van der Waals surface area contributed by atoms with Crippen LogP contribution in [-0.2, 0) is 20.7 Å². The quantitative estimate of drug-likeness (QED) is 0.559. The van der Waals surface area contributed by atoms with Crippen molar-refractivity contribution in [2.45, 2.75) is 40.5 Å². The number of rotatable bonds is 7. The van der Waals surface area contributed by atoms with Gasteiger partial charge in [0.25, 0.3) is 0 Å². The molecule has 1 saturated heterocycles. The van der Waals surface area contributed by atoms with Gasteiger partial charge in [0, 0.05) is 29.9 Å². The summed E-state index contributed by atoms with van der Waals surface area (Å²) in [4.78, 5) is 53.5. The Balaban J connectivity index is 1.61. The third-order valence-electron chi connectivity index (χ3n) is 5.53. The van der Waals surface area contributed by atoms with E-state index in [4.69, 9.17) is 4.74 Å². The first kappa shape index (κ1) is 21.5. The van der Waals surface area contributed by atoms with Crippen LogP contribution in [0.25, 0.3) is 0 Å². The summed E-state index contributed by atoms with van der Waals surface area (Å²) in [5.41, 5.74) is 3.83. The summed E-state index contributed by atoms with van der Waals surface area (Å²) in [5.74, 6) is -1.87. The van der Waals surface area contributed by atoms with Gasteiger partial charge in [-0.05, 0) is 50.5 Å². The first-order valence-electron chi connectivity index (χ1n) is 10.0. The van der Waals surface area contributed by atoms with E-state index in [1.807, 2.05) is 24.3 Å². The Kier molecular flexibility index (Phi) is 6.20. The summed E-state index contributed by atoms with van der Waals surface area (Å²) in [7, 11) is 0. The molecule has 0 aliphatic carbocycles. The fraction of sp³-hybridized carbons (Fsp3) is 0.391. The number of carbonyl (C=O) groups excluding carboxylic acids is 4. The number of ether oxygens (including phenoxy) is 1. The smallest absolute Gasteiger partial charge is 0.311 e. The van der Waals surface area contributed by atoms with E-state index in [0.717, 1.165) is 12.1 Å². The summed E-state index contributed by atoms with van der Waals surface area (Å²) < 4.78 is 5.20. The lowest BCUT2D eigenvalue weighted by Gasteiger charge is -2.17. The van der Waals surface area contributed by atoms with Crippen LogP contribution >= 0.6 is 0 Å². The third kappa shape index (κ3) is 4.20. The minimum absolute atomic E-state index is 0.0532. The van der Waals surface area contributed by atoms with Gasteiger partial charge < -0.3 is 14.6 Å². The average Bonchev–Trinajstić information content (AvgIpc) is 3.25. The fourth-order valence-corrected chi connectivity index (χ4v) is 3.91. The maximum Gasteiger partial charge on any atom is 0.311 e. The number of hydrogen-bond acceptors (Lipinski definition) is 5. The van der Waals surface area contributed by atoms with Crippen LogP contribution in [-0.4, -0.2) is 41.6 Å². The summed E-state index contributed by atoms with van der Waals surface area (Å²) >= 11 is 0. The van der Waals surface area contributed by atoms with Crippen molar-refractivity contribution < 1.29 is 23.9 Å². The second kappa shape index (κ2) is 8.65. The predicted molar refractivity (Wildman–Crippen MR) is 112 cm³/mol. The maximum absolute atomic E-state index is 12.5. The SMILES string of the molecule is CCc1ccc(N2CC(C(=O)OCC(=O)c3[nH]c(C)c(C(C)=O)c3C)CC2=O)cc1. The van der Waals surface area contributed by atoms with Gasteiger partial charge in [-0.3, -0.25) is 19.2 Å². The van der Waals surface area contributed by atoms with E-state index in [1.54, 1.807) is 18.7 Å². The molecule has 1 aliphatic rings. The molecule has 7 heteroatoms. The van der Waals surface area contributed by atoms with Gasteiger partial charge in [-0.15, -0.1) is 0 Å². The predicted octanol–water partition coefficient (Wildman–Crippen LogP) is 3.18. The highest BCUT2D eigenvalue weighted by Gasteiger charge is 2.36. The van der Waals surface area contributed by atoms with Crippen LogP contribution < -0.4 is 4.90 Å². The molecule has 7 nitrogen and oxygen atoms in total. The van der Waals surface area contributed by atoms with Crippen molar-refractivity contribution in [3.8, 4) is 0 Å². The van der Waals surface area contributed by atoms with E-state index < -0.39 is 24.3 Å². The molecule has 2 heterocycles. The van der Waals surface area contributed by atoms with Gasteiger partial charge in [-0.1, -0.05) is 19.1 Å². The molecule has 0 radical (unpaired) electrons. The number of Topliss-reactive ketones (excluding diaryl/α,β-unsaturated/α-hetero) is 2. The molecule has 1 fully saturated rings. The molecular formula is C23H26N2O5. The van der Waals surface area contributed by atoms with E-state index in [9.17, 15) is 19.2 Å². The highest BCUT2D eigenvalue weighted by molar-refractivity contribution is 6.04. The largest absolute Gasteiger partial charge is 0.457 e. The Morgan fingerprint density at radius 1 is 1.17 bits per heavy atom. The second-order valence-electron chi connectivity index (χ2n) is 7.64. The molecule has 1 amide bonds. The molecule has 1 aromatic heterocycles. The molecule has 2 aromatic rings. The van der Waals surface area contributed by atoms with Gasteiger partial charge in [0.05, 0.1) is 11.6 Å². The van der Waals surface area contributed by atoms with Gasteiger partial charge in [-0.25, -0.2) is 0 Å². The van der Waals surface area contributed by atoms with Crippen molar-refractivity contribution in [3.05, 3.63) is 52.3 Å². The molecule has 30 heavy (non-hydrogen) atoms. The van der Waals surface area contributed by atoms with Crippen LogP contribution in [0, 0.1) is 19.8 Å². The van der Waals surface area contributed by atoms with Crippen molar-refractivity contribution in [1.29, 1.82) is 0 Å². The van der Waals surface area contributed by atoms with Crippen LogP contribution in [0.15, 0.2) is 24.3 Å². The normalized spacial score (nSPS) is 16.1. The average molecular weight is 410 g/mol. The molecule has 1 unspecified atom stereocenters. The Morgan fingerprint density at radius 2 is 1.83 bits per heavy atom. The minimum atomic E-state index is -0.615. The molecule has 1 atom stereocenters. The first-order chi connectivity index (χ1) is 14.2. The lowest BCUT2D eigenvalue weighted by molar-refractivity contribution is -0.147. The number of anilines is 1. The number of aryl methyl sites for hydroxylation is 2. The number of esters is 1. The number of nitrogens with one attached hydrogen (secondary N) is 1. The zero-order valence-corrected chi connectivity index (χ0v) is 17.7. The van der Waals surface area contributed by atoms with E-state index in [0.29, 0.717) is 16.8 Å². The number of ketones is 2. The zero-order valence-electron chi connectivity index (χ0n) is 17.7. The lowest BCUT2D eigenvalue weighted by atomic mass is 10.1. The number of hydrogen-bond donors (Lipinski definition) is 1. The second-order valence-corrected chi connectivity index (χ2v) is 7.64.